The van der Waals surface area contributed by atoms with Crippen LogP contribution in [0.25, 0.3) is 5.69 Å². The van der Waals surface area contributed by atoms with Gasteiger partial charge in [-0.25, -0.2) is 14.4 Å². The molecule has 2 aromatic rings. The molecule has 0 aliphatic rings. The topological polar surface area (TPSA) is 121 Å². The maximum atomic E-state index is 14.1. The van der Waals surface area contributed by atoms with Crippen molar-refractivity contribution in [2.24, 2.45) is 27.2 Å². The fraction of sp³-hybridized carbons (Fsp3) is 0.0833. The standard InChI is InChI=1S/C12H14FN7/c1-7-17-4-5-20(7)10-3-2-8(6-9(10)13)18-12(16)19-11(14)15/h2-6H,1H3,(H6,14,15,16,18,19). The first kappa shape index (κ1) is 13.5. The summed E-state index contributed by atoms with van der Waals surface area (Å²) in [5, 5.41) is 0. The lowest BCUT2D eigenvalue weighted by Crippen LogP contribution is -2.26. The van der Waals surface area contributed by atoms with E-state index in [2.05, 4.69) is 15.0 Å². The second-order valence-corrected chi connectivity index (χ2v) is 3.99. The quantitative estimate of drug-likeness (QED) is 0.547. The number of aromatic nitrogens is 2. The van der Waals surface area contributed by atoms with Crippen LogP contribution in [0.5, 0.6) is 0 Å². The Bertz CT molecular complexity index is 683. The molecule has 1 aromatic carbocycles. The van der Waals surface area contributed by atoms with Crippen LogP contribution in [0.4, 0.5) is 10.1 Å². The molecule has 0 fully saturated rings. The van der Waals surface area contributed by atoms with Crippen LogP contribution in [-0.2, 0) is 0 Å². The summed E-state index contributed by atoms with van der Waals surface area (Å²) in [5.74, 6) is -0.127. The van der Waals surface area contributed by atoms with E-state index in [1.165, 1.54) is 6.07 Å². The first-order valence-electron chi connectivity index (χ1n) is 5.71. The van der Waals surface area contributed by atoms with Crippen molar-refractivity contribution in [2.75, 3.05) is 0 Å². The van der Waals surface area contributed by atoms with Crippen LogP contribution in [-0.4, -0.2) is 21.5 Å². The molecule has 0 saturated heterocycles. The highest BCUT2D eigenvalue weighted by atomic mass is 19.1. The van der Waals surface area contributed by atoms with Gasteiger partial charge in [0.1, 0.15) is 11.6 Å². The van der Waals surface area contributed by atoms with Crippen LogP contribution < -0.4 is 17.2 Å². The van der Waals surface area contributed by atoms with Crippen LogP contribution >= 0.6 is 0 Å². The van der Waals surface area contributed by atoms with Gasteiger partial charge in [0.2, 0.25) is 5.96 Å². The van der Waals surface area contributed by atoms with Gasteiger partial charge in [0.05, 0.1) is 11.4 Å². The first-order chi connectivity index (χ1) is 9.47. The van der Waals surface area contributed by atoms with E-state index in [1.54, 1.807) is 36.0 Å². The maximum Gasteiger partial charge on any atom is 0.223 e. The molecule has 2 rings (SSSR count). The van der Waals surface area contributed by atoms with Crippen LogP contribution in [0.2, 0.25) is 0 Å². The second-order valence-electron chi connectivity index (χ2n) is 3.99. The van der Waals surface area contributed by atoms with E-state index in [0.717, 1.165) is 0 Å². The number of hydrogen-bond donors (Lipinski definition) is 3. The second kappa shape index (κ2) is 5.39. The zero-order chi connectivity index (χ0) is 14.7. The predicted octanol–water partition coefficient (Wildman–Crippen LogP) is 0.539. The van der Waals surface area contributed by atoms with Crippen LogP contribution in [0.1, 0.15) is 5.82 Å². The van der Waals surface area contributed by atoms with E-state index in [9.17, 15) is 4.39 Å². The lowest BCUT2D eigenvalue weighted by Gasteiger charge is -2.07. The van der Waals surface area contributed by atoms with Crippen molar-refractivity contribution in [1.29, 1.82) is 0 Å². The number of guanidine groups is 2. The Hall–Kier alpha value is -2.90. The van der Waals surface area contributed by atoms with Crippen LogP contribution in [0.3, 0.4) is 0 Å². The molecule has 1 heterocycles. The molecular weight excluding hydrogens is 261 g/mol. The van der Waals surface area contributed by atoms with Gasteiger partial charge >= 0.3 is 0 Å². The average molecular weight is 275 g/mol. The molecule has 0 amide bonds. The lowest BCUT2D eigenvalue weighted by molar-refractivity contribution is 0.617. The van der Waals surface area contributed by atoms with Crippen molar-refractivity contribution in [3.8, 4) is 5.69 Å². The molecule has 0 aliphatic heterocycles. The number of imidazole rings is 1. The Morgan fingerprint density at radius 1 is 1.30 bits per heavy atom. The lowest BCUT2D eigenvalue weighted by atomic mass is 10.2. The van der Waals surface area contributed by atoms with Crippen LogP contribution in [0, 0.1) is 12.7 Å². The van der Waals surface area contributed by atoms with Gasteiger partial charge in [-0.1, -0.05) is 0 Å². The highest BCUT2D eigenvalue weighted by Crippen LogP contribution is 2.21. The molecule has 0 spiro atoms. The van der Waals surface area contributed by atoms with E-state index < -0.39 is 5.82 Å². The van der Waals surface area contributed by atoms with E-state index in [-0.39, 0.29) is 11.9 Å². The summed E-state index contributed by atoms with van der Waals surface area (Å²) in [6.07, 6.45) is 3.27. The molecule has 0 atom stereocenters. The largest absolute Gasteiger partial charge is 0.370 e. The Morgan fingerprint density at radius 3 is 2.60 bits per heavy atom. The van der Waals surface area contributed by atoms with Gasteiger partial charge in [-0.2, -0.15) is 4.99 Å². The highest BCUT2D eigenvalue weighted by Gasteiger charge is 2.07. The van der Waals surface area contributed by atoms with Gasteiger partial charge in [-0.15, -0.1) is 0 Å². The summed E-state index contributed by atoms with van der Waals surface area (Å²) >= 11 is 0. The molecule has 0 bridgehead atoms. The van der Waals surface area contributed by atoms with Crippen molar-refractivity contribution in [3.05, 3.63) is 42.2 Å². The SMILES string of the molecule is Cc1nccn1-c1ccc(N=C(N)N=C(N)N)cc1F. The van der Waals surface area contributed by atoms with Gasteiger partial charge in [0.25, 0.3) is 0 Å². The zero-order valence-electron chi connectivity index (χ0n) is 10.8. The van der Waals surface area contributed by atoms with E-state index in [1.807, 2.05) is 0 Å². The molecule has 7 nitrogen and oxygen atoms in total. The highest BCUT2D eigenvalue weighted by molar-refractivity contribution is 5.93. The molecule has 1 aromatic heterocycles. The summed E-state index contributed by atoms with van der Waals surface area (Å²) in [6, 6.07) is 4.42. The number of nitrogens with zero attached hydrogens (tertiary/aromatic N) is 4. The molecular formula is C12H14FN7. The molecule has 104 valence electrons. The minimum atomic E-state index is -0.454. The van der Waals surface area contributed by atoms with Gasteiger partial charge in [-0.05, 0) is 19.1 Å². The smallest absolute Gasteiger partial charge is 0.223 e. The average Bonchev–Trinajstić information content (AvgIpc) is 2.74. The molecule has 0 unspecified atom stereocenters. The third-order valence-corrected chi connectivity index (χ3v) is 2.50. The zero-order valence-corrected chi connectivity index (χ0v) is 10.8. The normalized spacial score (nSPS) is 11.4. The minimum Gasteiger partial charge on any atom is -0.370 e. The van der Waals surface area contributed by atoms with Crippen LogP contribution in [0.15, 0.2) is 40.6 Å². The van der Waals surface area contributed by atoms with E-state index in [0.29, 0.717) is 17.2 Å². The third kappa shape index (κ3) is 2.91. The Balaban J connectivity index is 2.36. The fourth-order valence-corrected chi connectivity index (χ4v) is 1.68. The van der Waals surface area contributed by atoms with Gasteiger partial charge in [0, 0.05) is 18.5 Å². The predicted molar refractivity (Wildman–Crippen MR) is 75.4 cm³/mol. The molecule has 20 heavy (non-hydrogen) atoms. The summed E-state index contributed by atoms with van der Waals surface area (Å²) in [5.41, 5.74) is 16.5. The molecule has 0 saturated carbocycles. The first-order valence-corrected chi connectivity index (χ1v) is 5.71. The number of nitrogens with two attached hydrogens (primary N) is 3. The number of aliphatic imine (C=N–C) groups is 2. The van der Waals surface area contributed by atoms with Crippen molar-refractivity contribution in [1.82, 2.24) is 9.55 Å². The number of aryl methyl sites for hydroxylation is 1. The van der Waals surface area contributed by atoms with Gasteiger partial charge in [0.15, 0.2) is 5.96 Å². The van der Waals surface area contributed by atoms with Crippen molar-refractivity contribution in [3.63, 3.8) is 0 Å². The number of benzene rings is 1. The molecule has 0 radical (unpaired) electrons. The fourth-order valence-electron chi connectivity index (χ4n) is 1.68. The Labute approximate surface area is 114 Å². The third-order valence-electron chi connectivity index (χ3n) is 2.50. The van der Waals surface area contributed by atoms with Crippen molar-refractivity contribution in [2.45, 2.75) is 6.92 Å². The molecule has 8 heteroatoms. The van der Waals surface area contributed by atoms with Gasteiger partial charge in [-0.3, -0.25) is 0 Å². The van der Waals surface area contributed by atoms with Crippen molar-refractivity contribution >= 4 is 17.6 Å². The number of hydrogen-bond acceptors (Lipinski definition) is 2. The number of rotatable bonds is 2. The van der Waals surface area contributed by atoms with E-state index in [4.69, 9.17) is 17.2 Å². The summed E-state index contributed by atoms with van der Waals surface area (Å²) in [4.78, 5) is 11.5. The molecule has 0 aliphatic carbocycles. The van der Waals surface area contributed by atoms with Gasteiger partial charge < -0.3 is 21.8 Å². The summed E-state index contributed by atoms with van der Waals surface area (Å²) in [7, 11) is 0. The monoisotopic (exact) mass is 275 g/mol. The summed E-state index contributed by atoms with van der Waals surface area (Å²) < 4.78 is 15.7. The Morgan fingerprint density at radius 2 is 2.05 bits per heavy atom. The van der Waals surface area contributed by atoms with Crippen molar-refractivity contribution < 1.29 is 4.39 Å². The minimum absolute atomic E-state index is 0.143. The Kier molecular flexibility index (Phi) is 3.65. The maximum absolute atomic E-state index is 14.1. The van der Waals surface area contributed by atoms with E-state index >= 15 is 0 Å². The number of halogens is 1. The molecule has 6 N–H and O–H groups in total. The summed E-state index contributed by atoms with van der Waals surface area (Å²) in [6.45, 7) is 1.78.